The molecule has 1 heterocycles. The van der Waals surface area contributed by atoms with Gasteiger partial charge in [0.05, 0.1) is 24.6 Å². The van der Waals surface area contributed by atoms with Crippen molar-refractivity contribution < 1.29 is 4.74 Å². The molecule has 0 bridgehead atoms. The van der Waals surface area contributed by atoms with Crippen molar-refractivity contribution in [3.05, 3.63) is 21.6 Å². The summed E-state index contributed by atoms with van der Waals surface area (Å²) in [5, 5.41) is 9.12. The molecule has 0 aromatic carbocycles. The quantitative estimate of drug-likeness (QED) is 0.790. The molecule has 1 aromatic heterocycles. The Morgan fingerprint density at radius 2 is 2.29 bits per heavy atom. The van der Waals surface area contributed by atoms with Crippen LogP contribution in [0.4, 0.5) is 5.69 Å². The molecular weight excluding hydrogens is 242 g/mol. The number of aromatic amines is 1. The third-order valence-electron chi connectivity index (χ3n) is 2.87. The number of hydrogen-bond acceptors (Lipinski definition) is 4. The lowest BCUT2D eigenvalue weighted by atomic mass is 10.3. The van der Waals surface area contributed by atoms with Crippen LogP contribution in [0.1, 0.15) is 25.7 Å². The average Bonchev–Trinajstić information content (AvgIpc) is 2.83. The van der Waals surface area contributed by atoms with Gasteiger partial charge in [0.1, 0.15) is 5.02 Å². The lowest BCUT2D eigenvalue weighted by molar-refractivity contribution is 0.0659. The summed E-state index contributed by atoms with van der Waals surface area (Å²) in [6, 6.07) is 0. The van der Waals surface area contributed by atoms with E-state index in [4.69, 9.17) is 16.3 Å². The van der Waals surface area contributed by atoms with Crippen LogP contribution in [0.5, 0.6) is 0 Å². The largest absolute Gasteiger partial charge is 0.380 e. The summed E-state index contributed by atoms with van der Waals surface area (Å²) in [7, 11) is 0. The maximum absolute atomic E-state index is 11.2. The molecule has 1 aliphatic carbocycles. The molecule has 0 aliphatic heterocycles. The van der Waals surface area contributed by atoms with Crippen molar-refractivity contribution in [2.24, 2.45) is 0 Å². The molecule has 0 amide bonds. The van der Waals surface area contributed by atoms with Gasteiger partial charge in [0.2, 0.25) is 0 Å². The van der Waals surface area contributed by atoms with Gasteiger partial charge < -0.3 is 10.1 Å². The molecule has 1 aliphatic rings. The Morgan fingerprint density at radius 3 is 3.06 bits per heavy atom. The number of aromatic nitrogens is 2. The molecule has 0 unspecified atom stereocenters. The normalized spacial score (nSPS) is 16.3. The molecule has 1 aromatic rings. The van der Waals surface area contributed by atoms with Gasteiger partial charge in [-0.15, -0.1) is 0 Å². The molecule has 1 saturated carbocycles. The van der Waals surface area contributed by atoms with Gasteiger partial charge in [-0.2, -0.15) is 5.10 Å². The average molecular weight is 258 g/mol. The van der Waals surface area contributed by atoms with Gasteiger partial charge in [0.25, 0.3) is 5.56 Å². The molecule has 94 valence electrons. The summed E-state index contributed by atoms with van der Waals surface area (Å²) in [5.74, 6) is 0. The predicted molar refractivity (Wildman–Crippen MR) is 66.6 cm³/mol. The van der Waals surface area contributed by atoms with Crippen LogP contribution in [0.25, 0.3) is 0 Å². The van der Waals surface area contributed by atoms with Crippen molar-refractivity contribution in [2.75, 3.05) is 18.5 Å². The first-order chi connectivity index (χ1) is 8.27. The summed E-state index contributed by atoms with van der Waals surface area (Å²) < 4.78 is 5.68. The van der Waals surface area contributed by atoms with Crippen LogP contribution in [-0.4, -0.2) is 29.5 Å². The Labute approximate surface area is 105 Å². The molecule has 2 rings (SSSR count). The van der Waals surface area contributed by atoms with E-state index >= 15 is 0 Å². The highest BCUT2D eigenvalue weighted by Gasteiger charge is 2.14. The van der Waals surface area contributed by atoms with Gasteiger partial charge in [0.15, 0.2) is 0 Å². The maximum atomic E-state index is 11.2. The summed E-state index contributed by atoms with van der Waals surface area (Å²) in [4.78, 5) is 11.2. The standard InChI is InChI=1S/C11H16ClN3O2/c12-10-9(7-14-15-11(10)16)13-5-6-17-8-3-1-2-4-8/h7-8H,1-6H2,(H2,13,15,16). The Hall–Kier alpha value is -1.07. The van der Waals surface area contributed by atoms with E-state index in [2.05, 4.69) is 15.5 Å². The number of hydrogen-bond donors (Lipinski definition) is 2. The van der Waals surface area contributed by atoms with Crippen LogP contribution in [0.15, 0.2) is 11.0 Å². The highest BCUT2D eigenvalue weighted by molar-refractivity contribution is 6.32. The van der Waals surface area contributed by atoms with Crippen LogP contribution in [0.2, 0.25) is 5.02 Å². The number of halogens is 1. The number of nitrogens with one attached hydrogen (secondary N) is 2. The topological polar surface area (TPSA) is 67.0 Å². The number of ether oxygens (including phenoxy) is 1. The Balaban J connectivity index is 1.74. The first kappa shape index (κ1) is 12.4. The summed E-state index contributed by atoms with van der Waals surface area (Å²) in [6.45, 7) is 1.25. The van der Waals surface area contributed by atoms with Gasteiger partial charge in [-0.1, -0.05) is 24.4 Å². The number of nitrogens with zero attached hydrogens (tertiary/aromatic N) is 1. The molecule has 0 radical (unpaired) electrons. The van der Waals surface area contributed by atoms with E-state index in [-0.39, 0.29) is 10.6 Å². The Kier molecular flexibility index (Phi) is 4.39. The number of H-pyrrole nitrogens is 1. The van der Waals surface area contributed by atoms with E-state index in [0.29, 0.717) is 24.9 Å². The van der Waals surface area contributed by atoms with E-state index < -0.39 is 0 Å². The van der Waals surface area contributed by atoms with Crippen LogP contribution >= 0.6 is 11.6 Å². The first-order valence-corrected chi connectivity index (χ1v) is 6.24. The van der Waals surface area contributed by atoms with E-state index in [1.54, 1.807) is 0 Å². The van der Waals surface area contributed by atoms with E-state index in [1.165, 1.54) is 19.0 Å². The van der Waals surface area contributed by atoms with Crippen molar-refractivity contribution in [1.29, 1.82) is 0 Å². The van der Waals surface area contributed by atoms with Crippen molar-refractivity contribution in [3.63, 3.8) is 0 Å². The van der Waals surface area contributed by atoms with Gasteiger partial charge in [0, 0.05) is 6.54 Å². The minimum Gasteiger partial charge on any atom is -0.380 e. The second-order valence-corrected chi connectivity index (χ2v) is 4.51. The summed E-state index contributed by atoms with van der Waals surface area (Å²) >= 11 is 5.81. The van der Waals surface area contributed by atoms with Crippen LogP contribution < -0.4 is 10.9 Å². The Bertz CT molecular complexity index is 415. The molecule has 0 atom stereocenters. The monoisotopic (exact) mass is 257 g/mol. The zero-order valence-electron chi connectivity index (χ0n) is 9.54. The SMILES string of the molecule is O=c1[nH]ncc(NCCOC2CCCC2)c1Cl. The second-order valence-electron chi connectivity index (χ2n) is 4.13. The number of rotatable bonds is 5. The van der Waals surface area contributed by atoms with Crippen LogP contribution in [-0.2, 0) is 4.74 Å². The number of anilines is 1. The molecule has 1 fully saturated rings. The van der Waals surface area contributed by atoms with Gasteiger partial charge >= 0.3 is 0 Å². The summed E-state index contributed by atoms with van der Waals surface area (Å²) in [5.41, 5.74) is 0.166. The molecule has 2 N–H and O–H groups in total. The van der Waals surface area contributed by atoms with Crippen molar-refractivity contribution in [2.45, 2.75) is 31.8 Å². The fourth-order valence-electron chi connectivity index (χ4n) is 1.97. The van der Waals surface area contributed by atoms with Crippen molar-refractivity contribution >= 4 is 17.3 Å². The highest BCUT2D eigenvalue weighted by Crippen LogP contribution is 2.20. The first-order valence-electron chi connectivity index (χ1n) is 5.86. The predicted octanol–water partition coefficient (Wildman–Crippen LogP) is 1.79. The third kappa shape index (κ3) is 3.44. The summed E-state index contributed by atoms with van der Waals surface area (Å²) in [6.07, 6.45) is 6.76. The fraction of sp³-hybridized carbons (Fsp3) is 0.636. The van der Waals surface area contributed by atoms with E-state index in [9.17, 15) is 4.79 Å². The van der Waals surface area contributed by atoms with Gasteiger partial charge in [-0.25, -0.2) is 5.10 Å². The molecule has 5 nitrogen and oxygen atoms in total. The van der Waals surface area contributed by atoms with Gasteiger partial charge in [-0.05, 0) is 12.8 Å². The smallest absolute Gasteiger partial charge is 0.285 e. The molecule has 6 heteroatoms. The van der Waals surface area contributed by atoms with Crippen molar-refractivity contribution in [3.8, 4) is 0 Å². The molecule has 0 spiro atoms. The Morgan fingerprint density at radius 1 is 1.53 bits per heavy atom. The maximum Gasteiger partial charge on any atom is 0.285 e. The van der Waals surface area contributed by atoms with Crippen LogP contribution in [0.3, 0.4) is 0 Å². The zero-order valence-corrected chi connectivity index (χ0v) is 10.3. The lowest BCUT2D eigenvalue weighted by Gasteiger charge is -2.12. The fourth-order valence-corrected chi connectivity index (χ4v) is 2.13. The van der Waals surface area contributed by atoms with Crippen molar-refractivity contribution in [1.82, 2.24) is 10.2 Å². The molecule has 0 saturated heterocycles. The molecular formula is C11H16ClN3O2. The second kappa shape index (κ2) is 6.02. The minimum absolute atomic E-state index is 0.140. The molecule has 17 heavy (non-hydrogen) atoms. The minimum atomic E-state index is -0.381. The van der Waals surface area contributed by atoms with Gasteiger partial charge in [-0.3, -0.25) is 4.79 Å². The third-order valence-corrected chi connectivity index (χ3v) is 3.24. The lowest BCUT2D eigenvalue weighted by Crippen LogP contribution is -2.17. The van der Waals surface area contributed by atoms with E-state index in [1.807, 2.05) is 0 Å². The highest BCUT2D eigenvalue weighted by atomic mass is 35.5. The zero-order chi connectivity index (χ0) is 12.1. The van der Waals surface area contributed by atoms with E-state index in [0.717, 1.165) is 12.8 Å². The van der Waals surface area contributed by atoms with Crippen LogP contribution in [0, 0.1) is 0 Å².